The van der Waals surface area contributed by atoms with Gasteiger partial charge >= 0.3 is 11.9 Å². The molecule has 0 aliphatic carbocycles. The van der Waals surface area contributed by atoms with E-state index in [1.165, 1.54) is 51.4 Å². The van der Waals surface area contributed by atoms with Crippen molar-refractivity contribution in [2.24, 2.45) is 11.8 Å². The molecule has 0 rings (SSSR count). The zero-order valence-electron chi connectivity index (χ0n) is 19.4. The van der Waals surface area contributed by atoms with Crippen LogP contribution < -0.4 is 0 Å². The smallest absolute Gasteiger partial charge is 0.309 e. The van der Waals surface area contributed by atoms with E-state index in [-0.39, 0.29) is 30.1 Å². The predicted octanol–water partition coefficient (Wildman–Crippen LogP) is 6.84. The second-order valence-electron chi connectivity index (χ2n) is 8.86. The molecule has 166 valence electrons. The van der Waals surface area contributed by atoms with Gasteiger partial charge in [0.05, 0.1) is 18.1 Å². The molecule has 28 heavy (non-hydrogen) atoms. The van der Waals surface area contributed by atoms with Gasteiger partial charge in [-0.15, -0.1) is 0 Å². The summed E-state index contributed by atoms with van der Waals surface area (Å²) in [6, 6.07) is 0. The molecule has 0 N–H and O–H groups in total. The Morgan fingerprint density at radius 1 is 0.607 bits per heavy atom. The Morgan fingerprint density at radius 3 is 1.50 bits per heavy atom. The van der Waals surface area contributed by atoms with E-state index in [4.69, 9.17) is 9.47 Å². The number of rotatable bonds is 17. The molecule has 0 saturated carbocycles. The van der Waals surface area contributed by atoms with E-state index in [2.05, 4.69) is 6.92 Å². The summed E-state index contributed by atoms with van der Waals surface area (Å²) in [5, 5.41) is 0. The first kappa shape index (κ1) is 26.9. The molecule has 0 aromatic rings. The topological polar surface area (TPSA) is 52.6 Å². The van der Waals surface area contributed by atoms with E-state index >= 15 is 0 Å². The largest absolute Gasteiger partial charge is 0.463 e. The maximum Gasteiger partial charge on any atom is 0.309 e. The summed E-state index contributed by atoms with van der Waals surface area (Å²) in [7, 11) is 0. The van der Waals surface area contributed by atoms with Crippen LogP contribution in [0.5, 0.6) is 0 Å². The van der Waals surface area contributed by atoms with Gasteiger partial charge in [0.15, 0.2) is 0 Å². The number of hydrogen-bond donors (Lipinski definition) is 0. The zero-order chi connectivity index (χ0) is 21.4. The average molecular weight is 399 g/mol. The van der Waals surface area contributed by atoms with Gasteiger partial charge in [0, 0.05) is 6.42 Å². The molecule has 4 heteroatoms. The third-order valence-corrected chi connectivity index (χ3v) is 5.23. The fourth-order valence-electron chi connectivity index (χ4n) is 3.29. The summed E-state index contributed by atoms with van der Waals surface area (Å²) in [6.45, 7) is 11.7. The van der Waals surface area contributed by atoms with Crippen molar-refractivity contribution in [2.45, 2.75) is 131 Å². The lowest BCUT2D eigenvalue weighted by Crippen LogP contribution is -2.24. The van der Waals surface area contributed by atoms with Gasteiger partial charge in [-0.05, 0) is 46.5 Å². The Bertz CT molecular complexity index is 403. The van der Waals surface area contributed by atoms with Crippen molar-refractivity contribution in [1.82, 2.24) is 0 Å². The van der Waals surface area contributed by atoms with Crippen molar-refractivity contribution in [3.05, 3.63) is 0 Å². The number of carbonyl (C=O) groups is 2. The van der Waals surface area contributed by atoms with Gasteiger partial charge in [-0.2, -0.15) is 0 Å². The lowest BCUT2D eigenvalue weighted by atomic mass is 9.90. The van der Waals surface area contributed by atoms with Crippen LogP contribution in [0.1, 0.15) is 119 Å². The Morgan fingerprint density at radius 2 is 1.04 bits per heavy atom. The molecule has 4 nitrogen and oxygen atoms in total. The van der Waals surface area contributed by atoms with Crippen molar-refractivity contribution in [1.29, 1.82) is 0 Å². The molecule has 0 spiro atoms. The minimum absolute atomic E-state index is 0.000459. The number of carbonyl (C=O) groups excluding carboxylic acids is 2. The first-order valence-corrected chi connectivity index (χ1v) is 11.6. The van der Waals surface area contributed by atoms with Crippen LogP contribution in [0.4, 0.5) is 0 Å². The highest BCUT2D eigenvalue weighted by molar-refractivity contribution is 5.72. The molecule has 0 aliphatic heterocycles. The molecular weight excluding hydrogens is 352 g/mol. The Hall–Kier alpha value is -1.06. The molecular formula is C24H46O4. The number of ether oxygens (including phenoxy) is 2. The summed E-state index contributed by atoms with van der Waals surface area (Å²) >= 11 is 0. The van der Waals surface area contributed by atoms with Crippen molar-refractivity contribution in [3.63, 3.8) is 0 Å². The van der Waals surface area contributed by atoms with E-state index < -0.39 is 0 Å². The van der Waals surface area contributed by atoms with E-state index in [9.17, 15) is 9.59 Å². The van der Waals surface area contributed by atoms with Crippen LogP contribution in [-0.4, -0.2) is 24.1 Å². The Labute approximate surface area is 174 Å². The van der Waals surface area contributed by atoms with Crippen LogP contribution in [0.25, 0.3) is 0 Å². The molecule has 0 aliphatic rings. The van der Waals surface area contributed by atoms with Gasteiger partial charge in [-0.1, -0.05) is 71.6 Å². The molecule has 2 unspecified atom stereocenters. The highest BCUT2D eigenvalue weighted by Gasteiger charge is 2.21. The summed E-state index contributed by atoms with van der Waals surface area (Å²) in [6.07, 6.45) is 13.9. The third-order valence-electron chi connectivity index (χ3n) is 5.23. The van der Waals surface area contributed by atoms with Gasteiger partial charge < -0.3 is 9.47 Å². The van der Waals surface area contributed by atoms with Crippen LogP contribution in [0.3, 0.4) is 0 Å². The normalized spacial score (nSPS) is 13.6. The van der Waals surface area contributed by atoms with Gasteiger partial charge in [-0.3, -0.25) is 9.59 Å². The van der Waals surface area contributed by atoms with E-state index in [0.717, 1.165) is 19.3 Å². The Kier molecular flexibility index (Phi) is 16.2. The predicted molar refractivity (Wildman–Crippen MR) is 116 cm³/mol. The van der Waals surface area contributed by atoms with Crippen LogP contribution >= 0.6 is 0 Å². The van der Waals surface area contributed by atoms with Crippen molar-refractivity contribution >= 4 is 11.9 Å². The first-order valence-electron chi connectivity index (χ1n) is 11.6. The standard InChI is InChI=1S/C24H46O4/c1-19(2)27-23(25)18-16-14-12-10-8-7-9-11-13-15-17-21(5)22(6)24(26)28-20(3)4/h19-22H,7-18H2,1-6H3. The molecule has 0 bridgehead atoms. The van der Waals surface area contributed by atoms with Crippen LogP contribution in [0.15, 0.2) is 0 Å². The van der Waals surface area contributed by atoms with Crippen LogP contribution in [-0.2, 0) is 19.1 Å². The second-order valence-corrected chi connectivity index (χ2v) is 8.86. The zero-order valence-corrected chi connectivity index (χ0v) is 19.4. The van der Waals surface area contributed by atoms with Gasteiger partial charge in [0.25, 0.3) is 0 Å². The fraction of sp³-hybridized carbons (Fsp3) is 0.917. The fourth-order valence-corrected chi connectivity index (χ4v) is 3.29. The lowest BCUT2D eigenvalue weighted by molar-refractivity contribution is -0.153. The third kappa shape index (κ3) is 15.9. The number of esters is 2. The van der Waals surface area contributed by atoms with Crippen molar-refractivity contribution in [3.8, 4) is 0 Å². The maximum atomic E-state index is 11.9. The molecule has 0 amide bonds. The number of hydrogen-bond acceptors (Lipinski definition) is 4. The minimum atomic E-state index is -0.0597. The average Bonchev–Trinajstić information content (AvgIpc) is 2.60. The van der Waals surface area contributed by atoms with Crippen molar-refractivity contribution in [2.75, 3.05) is 0 Å². The molecule has 0 radical (unpaired) electrons. The minimum Gasteiger partial charge on any atom is -0.463 e. The summed E-state index contributed by atoms with van der Waals surface area (Å²) < 4.78 is 10.4. The molecule has 0 aromatic heterocycles. The SMILES string of the molecule is CC(C)OC(=O)CCCCCCCCCCCCC(C)C(C)C(=O)OC(C)C. The molecule has 0 saturated heterocycles. The van der Waals surface area contributed by atoms with Crippen molar-refractivity contribution < 1.29 is 19.1 Å². The van der Waals surface area contributed by atoms with Crippen LogP contribution in [0.2, 0.25) is 0 Å². The Balaban J connectivity index is 3.44. The van der Waals surface area contributed by atoms with E-state index in [1.807, 2.05) is 34.6 Å². The van der Waals surface area contributed by atoms with Gasteiger partial charge in [0.1, 0.15) is 0 Å². The monoisotopic (exact) mass is 398 g/mol. The highest BCUT2D eigenvalue weighted by Crippen LogP contribution is 2.21. The summed E-state index contributed by atoms with van der Waals surface area (Å²) in [5.74, 6) is 0.272. The summed E-state index contributed by atoms with van der Waals surface area (Å²) in [5.41, 5.74) is 0. The summed E-state index contributed by atoms with van der Waals surface area (Å²) in [4.78, 5) is 23.4. The quantitative estimate of drug-likeness (QED) is 0.199. The van der Waals surface area contributed by atoms with E-state index in [1.54, 1.807) is 0 Å². The second kappa shape index (κ2) is 16.9. The van der Waals surface area contributed by atoms with Gasteiger partial charge in [-0.25, -0.2) is 0 Å². The molecule has 0 fully saturated rings. The molecule has 2 atom stereocenters. The maximum absolute atomic E-state index is 11.9. The highest BCUT2D eigenvalue weighted by atomic mass is 16.5. The molecule has 0 heterocycles. The molecule has 0 aromatic carbocycles. The first-order chi connectivity index (χ1) is 13.2. The van der Waals surface area contributed by atoms with E-state index in [0.29, 0.717) is 12.3 Å². The lowest BCUT2D eigenvalue weighted by Gasteiger charge is -2.20. The van der Waals surface area contributed by atoms with Crippen LogP contribution in [0, 0.1) is 11.8 Å². The van der Waals surface area contributed by atoms with Gasteiger partial charge in [0.2, 0.25) is 0 Å². The number of unbranched alkanes of at least 4 members (excludes halogenated alkanes) is 9.